The van der Waals surface area contributed by atoms with Crippen molar-refractivity contribution in [2.75, 3.05) is 19.8 Å². The van der Waals surface area contributed by atoms with Crippen LogP contribution in [0, 0.1) is 6.92 Å². The fraction of sp³-hybridized carbons (Fsp3) is 0.667. The Bertz CT molecular complexity index is 449. The largest absolute Gasteiger partial charge is 0.411 e. The molecular weight excluding hydrogens is 259 g/mol. The van der Waals surface area contributed by atoms with Crippen molar-refractivity contribution in [3.8, 4) is 0 Å². The Hall–Kier alpha value is -1.21. The molecule has 2 heterocycles. The van der Waals surface area contributed by atoms with Crippen LogP contribution < -0.4 is 5.32 Å². The maximum atomic E-state index is 11.9. The summed E-state index contributed by atoms with van der Waals surface area (Å²) in [6, 6.07) is 0. The average molecular weight is 275 g/mol. The van der Waals surface area contributed by atoms with Crippen LogP contribution in [0.4, 0.5) is 13.2 Å². The van der Waals surface area contributed by atoms with Gasteiger partial charge in [0.15, 0.2) is 0 Å². The van der Waals surface area contributed by atoms with Crippen molar-refractivity contribution in [1.29, 1.82) is 0 Å². The summed E-state index contributed by atoms with van der Waals surface area (Å²) in [5.41, 5.74) is 3.01. The Morgan fingerprint density at radius 1 is 1.32 bits per heavy atom. The second-order valence-electron chi connectivity index (χ2n) is 4.50. The maximum Gasteiger partial charge on any atom is 0.411 e. The van der Waals surface area contributed by atoms with Crippen LogP contribution in [0.2, 0.25) is 0 Å². The number of hydrogen-bond acceptors (Lipinski definition) is 4. The number of hydrogen-bond donors (Lipinski definition) is 1. The molecule has 4 nitrogen and oxygen atoms in total. The highest BCUT2D eigenvalue weighted by atomic mass is 19.4. The highest BCUT2D eigenvalue weighted by Gasteiger charge is 2.27. The Labute approximate surface area is 109 Å². The van der Waals surface area contributed by atoms with E-state index < -0.39 is 12.8 Å². The van der Waals surface area contributed by atoms with Crippen molar-refractivity contribution in [1.82, 2.24) is 15.3 Å². The monoisotopic (exact) mass is 275 g/mol. The molecule has 0 amide bonds. The summed E-state index contributed by atoms with van der Waals surface area (Å²) in [6.07, 6.45) is -3.09. The molecule has 0 saturated heterocycles. The van der Waals surface area contributed by atoms with Crippen LogP contribution in [0.25, 0.3) is 0 Å². The predicted molar refractivity (Wildman–Crippen MR) is 62.8 cm³/mol. The lowest BCUT2D eigenvalue weighted by molar-refractivity contribution is -0.173. The second kappa shape index (κ2) is 5.83. The third kappa shape index (κ3) is 4.14. The first-order valence-corrected chi connectivity index (χ1v) is 6.16. The third-order valence-electron chi connectivity index (χ3n) is 2.93. The van der Waals surface area contributed by atoms with Gasteiger partial charge in [-0.05, 0) is 25.5 Å². The highest BCUT2D eigenvalue weighted by molar-refractivity contribution is 5.27. The summed E-state index contributed by atoms with van der Waals surface area (Å²) in [5.74, 6) is 0.544. The number of rotatable bonds is 4. The van der Waals surface area contributed by atoms with Gasteiger partial charge in [-0.25, -0.2) is 9.97 Å². The number of aromatic nitrogens is 2. The normalized spacial score (nSPS) is 15.4. The van der Waals surface area contributed by atoms with Crippen molar-refractivity contribution in [2.45, 2.75) is 32.5 Å². The lowest BCUT2D eigenvalue weighted by Crippen LogP contribution is -2.27. The summed E-state index contributed by atoms with van der Waals surface area (Å²) in [7, 11) is 0. The molecule has 0 aromatic carbocycles. The fourth-order valence-electron chi connectivity index (χ4n) is 2.07. The molecule has 0 saturated carbocycles. The zero-order valence-electron chi connectivity index (χ0n) is 10.7. The maximum absolute atomic E-state index is 11.9. The van der Waals surface area contributed by atoms with E-state index in [9.17, 15) is 13.2 Å². The van der Waals surface area contributed by atoms with Gasteiger partial charge in [0, 0.05) is 18.7 Å². The number of fused-ring (bicyclic) bond motifs is 1. The molecule has 0 spiro atoms. The summed E-state index contributed by atoms with van der Waals surface area (Å²) < 4.78 is 40.3. The summed E-state index contributed by atoms with van der Waals surface area (Å²) in [6.45, 7) is 2.26. The molecule has 0 fully saturated rings. The lowest BCUT2D eigenvalue weighted by Gasteiger charge is -2.18. The van der Waals surface area contributed by atoms with Crippen LogP contribution in [0.15, 0.2) is 0 Å². The molecule has 1 aliphatic rings. The van der Waals surface area contributed by atoms with Gasteiger partial charge >= 0.3 is 6.18 Å². The average Bonchev–Trinajstić information content (AvgIpc) is 2.34. The number of nitrogens with zero attached hydrogens (tertiary/aromatic N) is 2. The van der Waals surface area contributed by atoms with E-state index in [4.69, 9.17) is 0 Å². The summed E-state index contributed by atoms with van der Waals surface area (Å²) in [4.78, 5) is 8.69. The molecule has 0 bridgehead atoms. The lowest BCUT2D eigenvalue weighted by atomic mass is 10.0. The van der Waals surface area contributed by atoms with Gasteiger partial charge in [0.05, 0.1) is 12.3 Å². The fourth-order valence-corrected chi connectivity index (χ4v) is 2.07. The highest BCUT2D eigenvalue weighted by Crippen LogP contribution is 2.16. The van der Waals surface area contributed by atoms with Crippen molar-refractivity contribution >= 4 is 0 Å². The van der Waals surface area contributed by atoms with Gasteiger partial charge in [-0.2, -0.15) is 13.2 Å². The third-order valence-corrected chi connectivity index (χ3v) is 2.93. The van der Waals surface area contributed by atoms with Crippen LogP contribution in [-0.4, -0.2) is 35.9 Å². The van der Waals surface area contributed by atoms with E-state index in [1.807, 2.05) is 6.92 Å². The zero-order valence-corrected chi connectivity index (χ0v) is 10.7. The van der Waals surface area contributed by atoms with Crippen molar-refractivity contribution in [3.05, 3.63) is 22.8 Å². The number of halogens is 3. The smallest absolute Gasteiger partial charge is 0.372 e. The Balaban J connectivity index is 1.92. The zero-order chi connectivity index (χ0) is 13.9. The van der Waals surface area contributed by atoms with E-state index in [1.165, 1.54) is 0 Å². The van der Waals surface area contributed by atoms with Gasteiger partial charge in [-0.15, -0.1) is 0 Å². The van der Waals surface area contributed by atoms with E-state index in [2.05, 4.69) is 20.0 Å². The minimum Gasteiger partial charge on any atom is -0.372 e. The van der Waals surface area contributed by atoms with Crippen LogP contribution in [-0.2, 0) is 24.1 Å². The SMILES string of the molecule is Cc1nc(CCOCC(F)(F)F)nc2c1CCNC2. The molecule has 1 aliphatic heterocycles. The van der Waals surface area contributed by atoms with Crippen molar-refractivity contribution in [3.63, 3.8) is 0 Å². The first kappa shape index (κ1) is 14.2. The number of ether oxygens (including phenoxy) is 1. The number of alkyl halides is 3. The van der Waals surface area contributed by atoms with Crippen LogP contribution in [0.5, 0.6) is 0 Å². The van der Waals surface area contributed by atoms with Crippen LogP contribution >= 0.6 is 0 Å². The van der Waals surface area contributed by atoms with Gasteiger partial charge in [-0.1, -0.05) is 0 Å². The van der Waals surface area contributed by atoms with Gasteiger partial charge in [0.1, 0.15) is 12.4 Å². The molecule has 0 aliphatic carbocycles. The predicted octanol–water partition coefficient (Wildman–Crippen LogP) is 1.55. The van der Waals surface area contributed by atoms with E-state index in [-0.39, 0.29) is 6.61 Å². The molecule has 1 aromatic rings. The van der Waals surface area contributed by atoms with E-state index >= 15 is 0 Å². The Morgan fingerprint density at radius 2 is 2.11 bits per heavy atom. The van der Waals surface area contributed by atoms with Gasteiger partial charge in [-0.3, -0.25) is 0 Å². The quantitative estimate of drug-likeness (QED) is 0.847. The van der Waals surface area contributed by atoms with Crippen molar-refractivity contribution < 1.29 is 17.9 Å². The van der Waals surface area contributed by atoms with Crippen molar-refractivity contribution in [2.24, 2.45) is 0 Å². The summed E-state index contributed by atoms with van der Waals surface area (Å²) >= 11 is 0. The molecule has 7 heteroatoms. The second-order valence-corrected chi connectivity index (χ2v) is 4.50. The molecule has 1 N–H and O–H groups in total. The van der Waals surface area contributed by atoms with E-state index in [0.29, 0.717) is 18.8 Å². The molecule has 1 aromatic heterocycles. The Morgan fingerprint density at radius 3 is 2.84 bits per heavy atom. The topological polar surface area (TPSA) is 47.0 Å². The van der Waals surface area contributed by atoms with Crippen LogP contribution in [0.3, 0.4) is 0 Å². The van der Waals surface area contributed by atoms with Crippen LogP contribution in [0.1, 0.15) is 22.8 Å². The number of aryl methyl sites for hydroxylation is 1. The molecular formula is C12H16F3N3O. The van der Waals surface area contributed by atoms with E-state index in [1.54, 1.807) is 0 Å². The Kier molecular flexibility index (Phi) is 4.36. The molecule has 106 valence electrons. The molecule has 2 rings (SSSR count). The molecule has 0 unspecified atom stereocenters. The standard InChI is InChI=1S/C12H16F3N3O/c1-8-9-2-4-16-6-10(9)18-11(17-8)3-5-19-7-12(13,14)15/h16H,2-7H2,1H3. The molecule has 0 radical (unpaired) electrons. The molecule has 0 atom stereocenters. The first-order chi connectivity index (χ1) is 8.96. The minimum atomic E-state index is -4.28. The summed E-state index contributed by atoms with van der Waals surface area (Å²) in [5, 5.41) is 3.21. The van der Waals surface area contributed by atoms with Gasteiger partial charge in [0.2, 0.25) is 0 Å². The molecule has 19 heavy (non-hydrogen) atoms. The number of nitrogens with one attached hydrogen (secondary N) is 1. The van der Waals surface area contributed by atoms with E-state index in [0.717, 1.165) is 29.9 Å². The minimum absolute atomic E-state index is 0.0227. The first-order valence-electron chi connectivity index (χ1n) is 6.16. The van der Waals surface area contributed by atoms with Gasteiger partial charge < -0.3 is 10.1 Å². The van der Waals surface area contributed by atoms with Gasteiger partial charge in [0.25, 0.3) is 0 Å².